The number of nitrogens with zero attached hydrogens (tertiary/aromatic N) is 1. The first-order valence-corrected chi connectivity index (χ1v) is 6.68. The molecule has 2 heteroatoms. The highest BCUT2D eigenvalue weighted by Crippen LogP contribution is 2.31. The smallest absolute Gasteiger partial charge is 0.0341 e. The predicted molar refractivity (Wildman–Crippen MR) is 74.3 cm³/mol. The Bertz CT molecular complexity index is 502. The molecular weight excluding hydrogens is 220 g/mol. The fourth-order valence-electron chi connectivity index (χ4n) is 2.68. The van der Waals surface area contributed by atoms with Gasteiger partial charge in [-0.05, 0) is 42.1 Å². The Morgan fingerprint density at radius 2 is 1.94 bits per heavy atom. The predicted octanol–water partition coefficient (Wildman–Crippen LogP) is 3.56. The van der Waals surface area contributed by atoms with Gasteiger partial charge in [-0.2, -0.15) is 0 Å². The van der Waals surface area contributed by atoms with E-state index >= 15 is 0 Å². The second-order valence-corrected chi connectivity index (χ2v) is 4.83. The maximum Gasteiger partial charge on any atom is 0.0341 e. The summed E-state index contributed by atoms with van der Waals surface area (Å²) in [5.74, 6) is 0. The first-order chi connectivity index (χ1) is 8.95. The summed E-state index contributed by atoms with van der Waals surface area (Å²) >= 11 is 0. The lowest BCUT2D eigenvalue weighted by atomic mass is 9.92. The summed E-state index contributed by atoms with van der Waals surface area (Å²) in [7, 11) is 0. The SMILES string of the molecule is c1ccc(-c2ccncc2C2CCCCN2)cc1. The van der Waals surface area contributed by atoms with Crippen LogP contribution in [0, 0.1) is 0 Å². The van der Waals surface area contributed by atoms with Crippen LogP contribution in [-0.4, -0.2) is 11.5 Å². The summed E-state index contributed by atoms with van der Waals surface area (Å²) in [5, 5.41) is 3.61. The highest BCUT2D eigenvalue weighted by atomic mass is 14.9. The third-order valence-corrected chi connectivity index (χ3v) is 3.62. The third-order valence-electron chi connectivity index (χ3n) is 3.62. The lowest BCUT2D eigenvalue weighted by Gasteiger charge is -2.25. The van der Waals surface area contributed by atoms with E-state index in [1.165, 1.54) is 36.0 Å². The normalized spacial score (nSPS) is 19.7. The third kappa shape index (κ3) is 2.29. The van der Waals surface area contributed by atoms with Crippen LogP contribution >= 0.6 is 0 Å². The van der Waals surface area contributed by atoms with Crippen molar-refractivity contribution in [1.29, 1.82) is 0 Å². The van der Waals surface area contributed by atoms with Gasteiger partial charge in [0, 0.05) is 18.4 Å². The largest absolute Gasteiger partial charge is 0.310 e. The zero-order valence-corrected chi connectivity index (χ0v) is 10.5. The van der Waals surface area contributed by atoms with Gasteiger partial charge < -0.3 is 5.32 Å². The van der Waals surface area contributed by atoms with E-state index in [0.717, 1.165) is 6.54 Å². The number of hydrogen-bond acceptors (Lipinski definition) is 2. The molecular formula is C16H18N2. The molecule has 1 saturated heterocycles. The van der Waals surface area contributed by atoms with Gasteiger partial charge in [0.15, 0.2) is 0 Å². The van der Waals surface area contributed by atoms with E-state index < -0.39 is 0 Å². The Morgan fingerprint density at radius 1 is 1.06 bits per heavy atom. The zero-order chi connectivity index (χ0) is 12.2. The maximum atomic E-state index is 4.31. The molecule has 1 aliphatic rings. The van der Waals surface area contributed by atoms with Crippen LogP contribution in [0.2, 0.25) is 0 Å². The minimum Gasteiger partial charge on any atom is -0.310 e. The molecule has 0 aliphatic carbocycles. The van der Waals surface area contributed by atoms with Crippen LogP contribution in [0.4, 0.5) is 0 Å². The van der Waals surface area contributed by atoms with E-state index in [2.05, 4.69) is 46.7 Å². The number of aromatic nitrogens is 1. The Balaban J connectivity index is 1.99. The molecule has 1 unspecified atom stereocenters. The molecule has 0 spiro atoms. The zero-order valence-electron chi connectivity index (χ0n) is 10.5. The first kappa shape index (κ1) is 11.4. The van der Waals surface area contributed by atoms with Crippen LogP contribution in [0.3, 0.4) is 0 Å². The summed E-state index contributed by atoms with van der Waals surface area (Å²) < 4.78 is 0. The van der Waals surface area contributed by atoms with Gasteiger partial charge in [-0.15, -0.1) is 0 Å². The fourth-order valence-corrected chi connectivity index (χ4v) is 2.68. The summed E-state index contributed by atoms with van der Waals surface area (Å²) in [5.41, 5.74) is 3.93. The molecule has 1 aromatic heterocycles. The van der Waals surface area contributed by atoms with Crippen molar-refractivity contribution >= 4 is 0 Å². The molecule has 2 aromatic rings. The van der Waals surface area contributed by atoms with Crippen LogP contribution in [0.1, 0.15) is 30.9 Å². The fraction of sp³-hybridized carbons (Fsp3) is 0.312. The van der Waals surface area contributed by atoms with Crippen molar-refractivity contribution in [2.75, 3.05) is 6.54 Å². The standard InChI is InChI=1S/C16H18N2/c1-2-6-13(7-3-1)14-9-11-17-12-15(14)16-8-4-5-10-18-16/h1-3,6-7,9,11-12,16,18H,4-5,8,10H2. The van der Waals surface area contributed by atoms with Gasteiger partial charge >= 0.3 is 0 Å². The molecule has 1 aromatic carbocycles. The lowest BCUT2D eigenvalue weighted by molar-refractivity contribution is 0.412. The van der Waals surface area contributed by atoms with Crippen molar-refractivity contribution in [3.8, 4) is 11.1 Å². The Kier molecular flexibility index (Phi) is 3.37. The molecule has 0 bridgehead atoms. The number of rotatable bonds is 2. The van der Waals surface area contributed by atoms with Gasteiger partial charge in [0.05, 0.1) is 0 Å². The lowest BCUT2D eigenvalue weighted by Crippen LogP contribution is -2.27. The quantitative estimate of drug-likeness (QED) is 0.865. The monoisotopic (exact) mass is 238 g/mol. The average Bonchev–Trinajstić information content (AvgIpc) is 2.49. The molecule has 0 amide bonds. The molecule has 2 heterocycles. The molecule has 2 nitrogen and oxygen atoms in total. The van der Waals surface area contributed by atoms with Crippen molar-refractivity contribution in [3.63, 3.8) is 0 Å². The number of nitrogens with one attached hydrogen (secondary N) is 1. The Hall–Kier alpha value is -1.67. The van der Waals surface area contributed by atoms with Crippen LogP contribution < -0.4 is 5.32 Å². The van der Waals surface area contributed by atoms with Gasteiger partial charge in [-0.3, -0.25) is 4.98 Å². The van der Waals surface area contributed by atoms with Crippen molar-refractivity contribution in [1.82, 2.24) is 10.3 Å². The maximum absolute atomic E-state index is 4.31. The molecule has 1 N–H and O–H groups in total. The van der Waals surface area contributed by atoms with E-state index in [4.69, 9.17) is 0 Å². The number of benzene rings is 1. The summed E-state index contributed by atoms with van der Waals surface area (Å²) in [4.78, 5) is 4.31. The molecule has 1 atom stereocenters. The highest BCUT2D eigenvalue weighted by molar-refractivity contribution is 5.67. The second kappa shape index (κ2) is 5.32. The van der Waals surface area contributed by atoms with Gasteiger partial charge in [0.1, 0.15) is 0 Å². The minimum absolute atomic E-state index is 0.461. The molecule has 1 aliphatic heterocycles. The van der Waals surface area contributed by atoms with Crippen LogP contribution in [0.5, 0.6) is 0 Å². The molecule has 18 heavy (non-hydrogen) atoms. The number of pyridine rings is 1. The summed E-state index contributed by atoms with van der Waals surface area (Å²) in [6, 6.07) is 13.2. The van der Waals surface area contributed by atoms with Crippen LogP contribution in [-0.2, 0) is 0 Å². The van der Waals surface area contributed by atoms with Crippen molar-refractivity contribution in [3.05, 3.63) is 54.4 Å². The van der Waals surface area contributed by atoms with Crippen LogP contribution in [0.15, 0.2) is 48.8 Å². The molecule has 0 radical (unpaired) electrons. The highest BCUT2D eigenvalue weighted by Gasteiger charge is 2.18. The minimum atomic E-state index is 0.461. The van der Waals surface area contributed by atoms with Gasteiger partial charge in [-0.25, -0.2) is 0 Å². The molecule has 3 rings (SSSR count). The van der Waals surface area contributed by atoms with Gasteiger partial charge in [-0.1, -0.05) is 36.8 Å². The van der Waals surface area contributed by atoms with E-state index in [9.17, 15) is 0 Å². The number of hydrogen-bond donors (Lipinski definition) is 1. The van der Waals surface area contributed by atoms with Crippen molar-refractivity contribution in [2.45, 2.75) is 25.3 Å². The van der Waals surface area contributed by atoms with E-state index in [-0.39, 0.29) is 0 Å². The summed E-state index contributed by atoms with van der Waals surface area (Å²) in [6.45, 7) is 1.12. The Morgan fingerprint density at radius 3 is 2.72 bits per heavy atom. The topological polar surface area (TPSA) is 24.9 Å². The van der Waals surface area contributed by atoms with Gasteiger partial charge in [0.25, 0.3) is 0 Å². The summed E-state index contributed by atoms with van der Waals surface area (Å²) in [6.07, 6.45) is 7.71. The van der Waals surface area contributed by atoms with Gasteiger partial charge in [0.2, 0.25) is 0 Å². The molecule has 92 valence electrons. The first-order valence-electron chi connectivity index (χ1n) is 6.68. The Labute approximate surface area is 108 Å². The van der Waals surface area contributed by atoms with Crippen LogP contribution in [0.25, 0.3) is 11.1 Å². The van der Waals surface area contributed by atoms with E-state index in [1.54, 1.807) is 0 Å². The average molecular weight is 238 g/mol. The van der Waals surface area contributed by atoms with Crippen molar-refractivity contribution in [2.24, 2.45) is 0 Å². The van der Waals surface area contributed by atoms with Crippen molar-refractivity contribution < 1.29 is 0 Å². The number of piperidine rings is 1. The molecule has 0 saturated carbocycles. The molecule has 1 fully saturated rings. The second-order valence-electron chi connectivity index (χ2n) is 4.83. The van der Waals surface area contributed by atoms with E-state index in [1.807, 2.05) is 12.4 Å². The van der Waals surface area contributed by atoms with E-state index in [0.29, 0.717) is 6.04 Å².